The van der Waals surface area contributed by atoms with Gasteiger partial charge in [-0.3, -0.25) is 4.79 Å². The number of ether oxygens (including phenoxy) is 1. The molecule has 4 nitrogen and oxygen atoms in total. The molecule has 0 heterocycles. The number of carbonyl (C=O) groups excluding carboxylic acids is 1. The molecule has 4 heteroatoms. The van der Waals surface area contributed by atoms with Crippen LogP contribution in [0, 0.1) is 11.8 Å². The number of aromatic hydroxyl groups is 1. The van der Waals surface area contributed by atoms with Crippen LogP contribution in [0.1, 0.15) is 63.4 Å². The molecule has 2 aliphatic rings. The maximum absolute atomic E-state index is 12.3. The van der Waals surface area contributed by atoms with Crippen LogP contribution in [0.4, 0.5) is 0 Å². The molecule has 2 aliphatic carbocycles. The number of carbonyl (C=O) groups is 1. The van der Waals surface area contributed by atoms with Crippen molar-refractivity contribution in [3.05, 3.63) is 23.8 Å². The van der Waals surface area contributed by atoms with Crippen LogP contribution in [-0.4, -0.2) is 24.2 Å². The maximum Gasteiger partial charge on any atom is 0.224 e. The Morgan fingerprint density at radius 2 is 1.80 bits per heavy atom. The summed E-state index contributed by atoms with van der Waals surface area (Å²) in [6.07, 6.45) is 12.2. The first kappa shape index (κ1) is 18.1. The molecule has 138 valence electrons. The Bertz CT molecular complexity index is 575. The molecule has 0 aliphatic heterocycles. The van der Waals surface area contributed by atoms with E-state index in [1.807, 2.05) is 0 Å². The van der Waals surface area contributed by atoms with E-state index in [0.717, 1.165) is 30.2 Å². The van der Waals surface area contributed by atoms with E-state index in [0.29, 0.717) is 18.2 Å². The Balaban J connectivity index is 1.38. The monoisotopic (exact) mass is 345 g/mol. The minimum Gasteiger partial charge on any atom is -0.504 e. The summed E-state index contributed by atoms with van der Waals surface area (Å²) in [6, 6.07) is 5.40. The average molecular weight is 345 g/mol. The first-order chi connectivity index (χ1) is 12.1. The van der Waals surface area contributed by atoms with E-state index in [9.17, 15) is 9.90 Å². The Kier molecular flexibility index (Phi) is 6.22. The van der Waals surface area contributed by atoms with Crippen LogP contribution >= 0.6 is 0 Å². The van der Waals surface area contributed by atoms with Crippen molar-refractivity contribution in [1.29, 1.82) is 0 Å². The van der Waals surface area contributed by atoms with Crippen LogP contribution in [0.5, 0.6) is 11.5 Å². The number of rotatable bonds is 7. The van der Waals surface area contributed by atoms with E-state index in [1.54, 1.807) is 18.2 Å². The lowest BCUT2D eigenvalue weighted by Crippen LogP contribution is -2.38. The van der Waals surface area contributed by atoms with E-state index >= 15 is 0 Å². The second-order valence-electron chi connectivity index (χ2n) is 7.84. The molecule has 1 amide bonds. The van der Waals surface area contributed by atoms with Crippen molar-refractivity contribution in [2.24, 2.45) is 11.8 Å². The van der Waals surface area contributed by atoms with Gasteiger partial charge < -0.3 is 15.2 Å². The van der Waals surface area contributed by atoms with Crippen molar-refractivity contribution in [2.75, 3.05) is 7.11 Å². The standard InChI is InChI=1S/C21H31NO3/c1-25-20-13-17(9-12-19(20)23)14-21(24)22-18-10-7-16(8-11-18)6-5-15-3-2-4-15/h9,12-13,15-16,18,23H,2-8,10-11,14H2,1H3,(H,22,24)/t16-,18-. The van der Waals surface area contributed by atoms with Crippen molar-refractivity contribution in [1.82, 2.24) is 5.32 Å². The number of amides is 1. The Morgan fingerprint density at radius 1 is 1.12 bits per heavy atom. The molecule has 0 aromatic heterocycles. The Labute approximate surface area is 151 Å². The lowest BCUT2D eigenvalue weighted by Gasteiger charge is -2.32. The quantitative estimate of drug-likeness (QED) is 0.779. The van der Waals surface area contributed by atoms with Gasteiger partial charge in [0, 0.05) is 6.04 Å². The summed E-state index contributed by atoms with van der Waals surface area (Å²) in [6.45, 7) is 0. The highest BCUT2D eigenvalue weighted by atomic mass is 16.5. The van der Waals surface area contributed by atoms with Gasteiger partial charge in [0.2, 0.25) is 5.91 Å². The zero-order valence-corrected chi connectivity index (χ0v) is 15.3. The van der Waals surface area contributed by atoms with E-state index in [1.165, 1.54) is 52.1 Å². The molecule has 1 aromatic carbocycles. The third kappa shape index (κ3) is 5.13. The molecule has 0 spiro atoms. The highest BCUT2D eigenvalue weighted by Gasteiger charge is 2.24. The highest BCUT2D eigenvalue weighted by molar-refractivity contribution is 5.79. The molecule has 25 heavy (non-hydrogen) atoms. The second-order valence-corrected chi connectivity index (χ2v) is 7.84. The molecule has 0 atom stereocenters. The predicted molar refractivity (Wildman–Crippen MR) is 98.8 cm³/mol. The molecule has 2 N–H and O–H groups in total. The molecule has 0 saturated heterocycles. The number of phenols is 1. The van der Waals surface area contributed by atoms with Crippen LogP contribution in [0.3, 0.4) is 0 Å². The van der Waals surface area contributed by atoms with Crippen LogP contribution in [-0.2, 0) is 11.2 Å². The van der Waals surface area contributed by atoms with Crippen molar-refractivity contribution in [2.45, 2.75) is 70.3 Å². The zero-order chi connectivity index (χ0) is 17.6. The number of hydrogen-bond donors (Lipinski definition) is 2. The van der Waals surface area contributed by atoms with Gasteiger partial charge in [0.25, 0.3) is 0 Å². The fourth-order valence-electron chi connectivity index (χ4n) is 4.14. The largest absolute Gasteiger partial charge is 0.504 e. The molecule has 2 fully saturated rings. The summed E-state index contributed by atoms with van der Waals surface area (Å²) in [4.78, 5) is 12.3. The van der Waals surface area contributed by atoms with Crippen molar-refractivity contribution < 1.29 is 14.6 Å². The molecular formula is C21H31NO3. The highest BCUT2D eigenvalue weighted by Crippen LogP contribution is 2.35. The minimum atomic E-state index is 0.0608. The fraction of sp³-hybridized carbons (Fsp3) is 0.667. The van der Waals surface area contributed by atoms with E-state index in [2.05, 4.69) is 5.32 Å². The smallest absolute Gasteiger partial charge is 0.224 e. The third-order valence-corrected chi connectivity index (χ3v) is 6.03. The Hall–Kier alpha value is -1.71. The zero-order valence-electron chi connectivity index (χ0n) is 15.3. The van der Waals surface area contributed by atoms with Gasteiger partial charge in [-0.05, 0) is 55.2 Å². The molecule has 0 bridgehead atoms. The lowest BCUT2D eigenvalue weighted by molar-refractivity contribution is -0.121. The lowest BCUT2D eigenvalue weighted by atomic mass is 9.77. The number of phenolic OH excluding ortho intramolecular Hbond substituents is 1. The van der Waals surface area contributed by atoms with Crippen LogP contribution in [0.2, 0.25) is 0 Å². The van der Waals surface area contributed by atoms with E-state index < -0.39 is 0 Å². The van der Waals surface area contributed by atoms with Crippen molar-refractivity contribution in [3.8, 4) is 11.5 Å². The fourth-order valence-corrected chi connectivity index (χ4v) is 4.14. The number of nitrogens with one attached hydrogen (secondary N) is 1. The van der Waals surface area contributed by atoms with Crippen LogP contribution < -0.4 is 10.1 Å². The van der Waals surface area contributed by atoms with Crippen molar-refractivity contribution >= 4 is 5.91 Å². The SMILES string of the molecule is COc1cc(CC(=O)N[C@H]2CC[C@H](CCC3CCC3)CC2)ccc1O. The maximum atomic E-state index is 12.3. The summed E-state index contributed by atoms with van der Waals surface area (Å²) in [7, 11) is 1.52. The average Bonchev–Trinajstić information content (AvgIpc) is 2.56. The van der Waals surface area contributed by atoms with Crippen molar-refractivity contribution in [3.63, 3.8) is 0 Å². The summed E-state index contributed by atoms with van der Waals surface area (Å²) in [5.74, 6) is 2.46. The summed E-state index contributed by atoms with van der Waals surface area (Å²) in [5, 5.41) is 12.8. The first-order valence-corrected chi connectivity index (χ1v) is 9.79. The molecule has 1 aromatic rings. The minimum absolute atomic E-state index is 0.0608. The number of methoxy groups -OCH3 is 1. The van der Waals surface area contributed by atoms with Gasteiger partial charge in [-0.25, -0.2) is 0 Å². The van der Waals surface area contributed by atoms with Crippen LogP contribution in [0.15, 0.2) is 18.2 Å². The van der Waals surface area contributed by atoms with Gasteiger partial charge in [0.15, 0.2) is 11.5 Å². The van der Waals surface area contributed by atoms with Gasteiger partial charge >= 0.3 is 0 Å². The summed E-state index contributed by atoms with van der Waals surface area (Å²) >= 11 is 0. The first-order valence-electron chi connectivity index (χ1n) is 9.79. The Morgan fingerprint density at radius 3 is 2.40 bits per heavy atom. The number of hydrogen-bond acceptors (Lipinski definition) is 3. The van der Waals surface area contributed by atoms with Gasteiger partial charge in [-0.1, -0.05) is 38.2 Å². The molecule has 2 saturated carbocycles. The van der Waals surface area contributed by atoms with Gasteiger partial charge in [-0.2, -0.15) is 0 Å². The summed E-state index contributed by atoms with van der Waals surface area (Å²) in [5.41, 5.74) is 0.862. The predicted octanol–water partition coefficient (Wildman–Crippen LogP) is 4.20. The normalized spacial score (nSPS) is 23.7. The topological polar surface area (TPSA) is 58.6 Å². The van der Waals surface area contributed by atoms with Gasteiger partial charge in [-0.15, -0.1) is 0 Å². The summed E-state index contributed by atoms with van der Waals surface area (Å²) < 4.78 is 5.10. The molecule has 0 radical (unpaired) electrons. The molecule has 3 rings (SSSR count). The molecular weight excluding hydrogens is 314 g/mol. The van der Waals surface area contributed by atoms with Gasteiger partial charge in [0.1, 0.15) is 0 Å². The van der Waals surface area contributed by atoms with Gasteiger partial charge in [0.05, 0.1) is 13.5 Å². The number of benzene rings is 1. The third-order valence-electron chi connectivity index (χ3n) is 6.03. The molecule has 0 unspecified atom stereocenters. The van der Waals surface area contributed by atoms with E-state index in [-0.39, 0.29) is 11.7 Å². The van der Waals surface area contributed by atoms with Crippen LogP contribution in [0.25, 0.3) is 0 Å². The van der Waals surface area contributed by atoms with E-state index in [4.69, 9.17) is 4.74 Å². The second kappa shape index (κ2) is 8.59.